The first-order valence-corrected chi connectivity index (χ1v) is 11.2. The minimum absolute atomic E-state index is 0.154. The predicted octanol–water partition coefficient (Wildman–Crippen LogP) is 3.59. The number of aromatic nitrogens is 6. The van der Waals surface area contributed by atoms with Crippen LogP contribution in [0.2, 0.25) is 0 Å². The summed E-state index contributed by atoms with van der Waals surface area (Å²) in [7, 11) is 0. The number of rotatable bonds is 7. The highest BCUT2D eigenvalue weighted by molar-refractivity contribution is 6.09. The number of fused-ring (bicyclic) bond motifs is 1. The minimum Gasteiger partial charge on any atom is -0.348 e. The van der Waals surface area contributed by atoms with Crippen molar-refractivity contribution in [3.8, 4) is 11.4 Å². The second-order valence-electron chi connectivity index (χ2n) is 8.68. The molecule has 0 radical (unpaired) electrons. The van der Waals surface area contributed by atoms with Gasteiger partial charge in [0.2, 0.25) is 5.82 Å². The summed E-state index contributed by atoms with van der Waals surface area (Å²) in [4.78, 5) is 28.9. The van der Waals surface area contributed by atoms with Gasteiger partial charge in [0.1, 0.15) is 0 Å². The van der Waals surface area contributed by atoms with E-state index in [1.54, 1.807) is 6.07 Å². The molecule has 0 spiro atoms. The number of H-pyrrole nitrogens is 2. The van der Waals surface area contributed by atoms with E-state index in [1.807, 2.05) is 26.0 Å². The Labute approximate surface area is 191 Å². The summed E-state index contributed by atoms with van der Waals surface area (Å²) >= 11 is 0. The van der Waals surface area contributed by atoms with E-state index in [0.29, 0.717) is 22.5 Å². The maximum absolute atomic E-state index is 13.4. The van der Waals surface area contributed by atoms with E-state index in [0.717, 1.165) is 40.6 Å². The maximum atomic E-state index is 13.4. The summed E-state index contributed by atoms with van der Waals surface area (Å²) in [5.41, 5.74) is 5.36. The molecule has 9 heteroatoms. The number of hydrogen-bond donors (Lipinski definition) is 3. The number of aromatic amines is 2. The van der Waals surface area contributed by atoms with Crippen molar-refractivity contribution < 1.29 is 4.79 Å². The lowest BCUT2D eigenvalue weighted by molar-refractivity contribution is 0.0952. The van der Waals surface area contributed by atoms with E-state index >= 15 is 0 Å². The van der Waals surface area contributed by atoms with Gasteiger partial charge in [-0.15, -0.1) is 10.2 Å². The Hall–Kier alpha value is -3.75. The number of tetrazole rings is 1. The molecule has 1 aromatic carbocycles. The van der Waals surface area contributed by atoms with E-state index < -0.39 is 0 Å². The van der Waals surface area contributed by atoms with Crippen molar-refractivity contribution in [3.63, 3.8) is 0 Å². The van der Waals surface area contributed by atoms with Crippen LogP contribution in [-0.4, -0.2) is 36.1 Å². The Morgan fingerprint density at radius 1 is 1.21 bits per heavy atom. The van der Waals surface area contributed by atoms with Gasteiger partial charge in [-0.25, -0.2) is 0 Å². The molecule has 9 nitrogen and oxygen atoms in total. The van der Waals surface area contributed by atoms with Crippen LogP contribution in [0.5, 0.6) is 0 Å². The van der Waals surface area contributed by atoms with Crippen LogP contribution in [0.4, 0.5) is 0 Å². The van der Waals surface area contributed by atoms with Crippen LogP contribution in [0, 0.1) is 13.8 Å². The van der Waals surface area contributed by atoms with E-state index in [-0.39, 0.29) is 24.1 Å². The van der Waals surface area contributed by atoms with Crippen LogP contribution >= 0.6 is 0 Å². The molecule has 3 aromatic heterocycles. The molecule has 172 valence electrons. The van der Waals surface area contributed by atoms with Gasteiger partial charge in [0.05, 0.1) is 5.52 Å². The summed E-state index contributed by atoms with van der Waals surface area (Å²) in [5.74, 6) is 0.165. The minimum atomic E-state index is -0.252. The first kappa shape index (κ1) is 22.4. The van der Waals surface area contributed by atoms with Crippen molar-refractivity contribution in [1.29, 1.82) is 0 Å². The average Bonchev–Trinajstić information content (AvgIpc) is 3.41. The van der Waals surface area contributed by atoms with Crippen molar-refractivity contribution in [2.75, 3.05) is 0 Å². The van der Waals surface area contributed by atoms with E-state index in [4.69, 9.17) is 0 Å². The molecule has 4 rings (SSSR count). The number of aryl methyl sites for hydroxylation is 3. The Balaban J connectivity index is 1.77. The number of carbonyl (C=O) groups is 1. The second-order valence-corrected chi connectivity index (χ2v) is 8.68. The highest BCUT2D eigenvalue weighted by atomic mass is 16.1. The average molecular weight is 448 g/mol. The molecule has 0 saturated carbocycles. The molecule has 0 saturated heterocycles. The lowest BCUT2D eigenvalue weighted by atomic mass is 10.0. The van der Waals surface area contributed by atoms with Crippen LogP contribution in [0.3, 0.4) is 0 Å². The summed E-state index contributed by atoms with van der Waals surface area (Å²) in [6.45, 7) is 10.3. The Bertz CT molecular complexity index is 1360. The zero-order valence-corrected chi connectivity index (χ0v) is 19.6. The molecule has 0 atom stereocenters. The standard InChI is InChI=1S/C24H29N7O2/c1-6-7-16-8-15(5)26-24(33)19(16)11-25-23(32)18-9-17(22-27-29-30-28-22)10-20-21(18)14(4)12-31(20)13(2)3/h8-10,12-13H,6-7,11H2,1-5H3,(H,25,32)(H,26,33)(H,27,28,29,30). The van der Waals surface area contributed by atoms with Crippen molar-refractivity contribution in [3.05, 3.63) is 62.7 Å². The van der Waals surface area contributed by atoms with Crippen LogP contribution in [0.1, 0.15) is 66.0 Å². The van der Waals surface area contributed by atoms with Gasteiger partial charge in [0.15, 0.2) is 0 Å². The molecular weight excluding hydrogens is 418 g/mol. The largest absolute Gasteiger partial charge is 0.348 e. The predicted molar refractivity (Wildman–Crippen MR) is 127 cm³/mol. The molecule has 0 aliphatic carbocycles. The van der Waals surface area contributed by atoms with Crippen LogP contribution in [0.15, 0.2) is 29.2 Å². The SMILES string of the molecule is CCCc1cc(C)[nH]c(=O)c1CNC(=O)c1cc(-c2nn[nH]n2)cc2c1c(C)cn2C(C)C. The van der Waals surface area contributed by atoms with Gasteiger partial charge < -0.3 is 14.9 Å². The zero-order chi connectivity index (χ0) is 23.7. The lowest BCUT2D eigenvalue weighted by Crippen LogP contribution is -2.28. The summed E-state index contributed by atoms with van der Waals surface area (Å²) in [6, 6.07) is 5.95. The van der Waals surface area contributed by atoms with Gasteiger partial charge in [-0.05, 0) is 68.7 Å². The fraction of sp³-hybridized carbons (Fsp3) is 0.375. The third-order valence-corrected chi connectivity index (χ3v) is 5.84. The third kappa shape index (κ3) is 4.30. The molecule has 4 aromatic rings. The Morgan fingerprint density at radius 3 is 2.67 bits per heavy atom. The highest BCUT2D eigenvalue weighted by Crippen LogP contribution is 2.31. The Morgan fingerprint density at radius 2 is 2.00 bits per heavy atom. The number of nitrogens with zero attached hydrogens (tertiary/aromatic N) is 4. The second kappa shape index (κ2) is 9.01. The Kier molecular flexibility index (Phi) is 6.13. The molecular formula is C24H29N7O2. The molecule has 0 bridgehead atoms. The van der Waals surface area contributed by atoms with Crippen molar-refractivity contribution in [2.24, 2.45) is 0 Å². The van der Waals surface area contributed by atoms with Crippen LogP contribution < -0.4 is 10.9 Å². The monoisotopic (exact) mass is 447 g/mol. The molecule has 33 heavy (non-hydrogen) atoms. The van der Waals surface area contributed by atoms with Gasteiger partial charge >= 0.3 is 0 Å². The van der Waals surface area contributed by atoms with Crippen LogP contribution in [0.25, 0.3) is 22.3 Å². The van der Waals surface area contributed by atoms with Gasteiger partial charge in [0.25, 0.3) is 11.5 Å². The maximum Gasteiger partial charge on any atom is 0.253 e. The van der Waals surface area contributed by atoms with Gasteiger partial charge in [0, 0.05) is 46.6 Å². The van der Waals surface area contributed by atoms with Gasteiger partial charge in [-0.2, -0.15) is 5.21 Å². The normalized spacial score (nSPS) is 11.5. The number of nitrogens with one attached hydrogen (secondary N) is 3. The first-order valence-electron chi connectivity index (χ1n) is 11.2. The lowest BCUT2D eigenvalue weighted by Gasteiger charge is -2.13. The molecule has 1 amide bonds. The number of benzene rings is 1. The van der Waals surface area contributed by atoms with Crippen molar-refractivity contribution in [2.45, 2.75) is 60.0 Å². The number of carbonyl (C=O) groups excluding carboxylic acids is 1. The van der Waals surface area contributed by atoms with E-state index in [9.17, 15) is 9.59 Å². The molecule has 0 aliphatic rings. The van der Waals surface area contributed by atoms with Crippen molar-refractivity contribution in [1.82, 2.24) is 35.5 Å². The molecule has 0 unspecified atom stereocenters. The number of hydrogen-bond acceptors (Lipinski definition) is 5. The van der Waals surface area contributed by atoms with E-state index in [1.165, 1.54) is 0 Å². The summed E-state index contributed by atoms with van der Waals surface area (Å²) < 4.78 is 2.13. The molecule has 0 aliphatic heterocycles. The fourth-order valence-corrected chi connectivity index (χ4v) is 4.34. The quantitative estimate of drug-likeness (QED) is 0.400. The molecule has 3 N–H and O–H groups in total. The number of pyridine rings is 1. The summed E-state index contributed by atoms with van der Waals surface area (Å²) in [5, 5.41) is 18.1. The topological polar surface area (TPSA) is 121 Å². The smallest absolute Gasteiger partial charge is 0.253 e. The van der Waals surface area contributed by atoms with Gasteiger partial charge in [-0.1, -0.05) is 13.3 Å². The molecule has 0 fully saturated rings. The van der Waals surface area contributed by atoms with Gasteiger partial charge in [-0.3, -0.25) is 9.59 Å². The first-order chi connectivity index (χ1) is 15.8. The summed E-state index contributed by atoms with van der Waals surface area (Å²) in [6.07, 6.45) is 3.75. The highest BCUT2D eigenvalue weighted by Gasteiger charge is 2.20. The third-order valence-electron chi connectivity index (χ3n) is 5.84. The van der Waals surface area contributed by atoms with Crippen LogP contribution in [-0.2, 0) is 13.0 Å². The molecule has 3 heterocycles. The fourth-order valence-electron chi connectivity index (χ4n) is 4.34. The van der Waals surface area contributed by atoms with E-state index in [2.05, 4.69) is 62.5 Å². The zero-order valence-electron chi connectivity index (χ0n) is 19.6. The number of amides is 1. The van der Waals surface area contributed by atoms with Crippen molar-refractivity contribution >= 4 is 16.8 Å².